The second-order valence-corrected chi connectivity index (χ2v) is 10.7. The highest BCUT2D eigenvalue weighted by Gasteiger charge is 2.32. The van der Waals surface area contributed by atoms with E-state index in [2.05, 4.69) is 22.8 Å². The summed E-state index contributed by atoms with van der Waals surface area (Å²) in [5.74, 6) is -0.413. The molecular weight excluding hydrogens is 438 g/mol. The first kappa shape index (κ1) is 23.4. The third kappa shape index (κ3) is 5.62. The van der Waals surface area contributed by atoms with Gasteiger partial charge in [0.1, 0.15) is 0 Å². The van der Waals surface area contributed by atoms with Gasteiger partial charge >= 0.3 is 0 Å². The Morgan fingerprint density at radius 1 is 0.939 bits per heavy atom. The zero-order valence-electron chi connectivity index (χ0n) is 18.7. The van der Waals surface area contributed by atoms with Crippen LogP contribution in [-0.2, 0) is 26.0 Å². The fourth-order valence-electron chi connectivity index (χ4n) is 4.71. The number of nitrogens with zero attached hydrogens (tertiary/aromatic N) is 1. The van der Waals surface area contributed by atoms with Crippen LogP contribution in [-0.4, -0.2) is 44.2 Å². The van der Waals surface area contributed by atoms with Gasteiger partial charge < -0.3 is 10.6 Å². The molecule has 0 aromatic heterocycles. The second kappa shape index (κ2) is 10.5. The first-order chi connectivity index (χ1) is 15.9. The van der Waals surface area contributed by atoms with Crippen molar-refractivity contribution in [1.82, 2.24) is 14.9 Å². The molecule has 2 N–H and O–H groups in total. The van der Waals surface area contributed by atoms with Crippen molar-refractivity contribution in [3.63, 3.8) is 0 Å². The second-order valence-electron chi connectivity index (χ2n) is 8.74. The number of piperidine rings is 1. The fourth-order valence-corrected chi connectivity index (χ4v) is 6.20. The number of carbonyl (C=O) groups excluding carboxylic acids is 2. The Morgan fingerprint density at radius 3 is 2.39 bits per heavy atom. The van der Waals surface area contributed by atoms with Gasteiger partial charge in [0.15, 0.2) is 0 Å². The maximum Gasteiger partial charge on any atom is 0.243 e. The van der Waals surface area contributed by atoms with E-state index in [4.69, 9.17) is 0 Å². The summed E-state index contributed by atoms with van der Waals surface area (Å²) in [6.45, 7) is 0.912. The van der Waals surface area contributed by atoms with Gasteiger partial charge in [-0.3, -0.25) is 9.59 Å². The SMILES string of the molecule is O=C(CCNC(=O)C1CCN(S(=O)(=O)c2ccccc2)CC1)N[C@H]1CCCc2ccccc21. The zero-order chi connectivity index (χ0) is 23.3. The number of rotatable bonds is 7. The van der Waals surface area contributed by atoms with E-state index in [-0.39, 0.29) is 41.6 Å². The number of benzene rings is 2. The summed E-state index contributed by atoms with van der Waals surface area (Å²) in [5.41, 5.74) is 2.49. The van der Waals surface area contributed by atoms with E-state index >= 15 is 0 Å². The van der Waals surface area contributed by atoms with Crippen molar-refractivity contribution in [2.24, 2.45) is 5.92 Å². The molecule has 2 aliphatic rings. The molecule has 1 fully saturated rings. The van der Waals surface area contributed by atoms with Gasteiger partial charge in [-0.25, -0.2) is 8.42 Å². The first-order valence-corrected chi connectivity index (χ1v) is 13.1. The fraction of sp³-hybridized carbons (Fsp3) is 0.440. The molecule has 176 valence electrons. The van der Waals surface area contributed by atoms with Crippen molar-refractivity contribution in [2.45, 2.75) is 49.5 Å². The minimum absolute atomic E-state index is 0.0362. The van der Waals surface area contributed by atoms with E-state index < -0.39 is 10.0 Å². The van der Waals surface area contributed by atoms with E-state index in [9.17, 15) is 18.0 Å². The van der Waals surface area contributed by atoms with Crippen molar-refractivity contribution in [3.05, 3.63) is 65.7 Å². The summed E-state index contributed by atoms with van der Waals surface area (Å²) in [7, 11) is -3.53. The molecule has 1 heterocycles. The van der Waals surface area contributed by atoms with Crippen LogP contribution in [0.3, 0.4) is 0 Å². The molecule has 1 aliphatic carbocycles. The van der Waals surface area contributed by atoms with Crippen molar-refractivity contribution in [2.75, 3.05) is 19.6 Å². The molecule has 1 atom stereocenters. The van der Waals surface area contributed by atoms with Gasteiger partial charge in [-0.05, 0) is 55.4 Å². The number of fused-ring (bicyclic) bond motifs is 1. The minimum Gasteiger partial charge on any atom is -0.355 e. The van der Waals surface area contributed by atoms with Crippen LogP contribution < -0.4 is 10.6 Å². The van der Waals surface area contributed by atoms with Crippen LogP contribution in [0.5, 0.6) is 0 Å². The quantitative estimate of drug-likeness (QED) is 0.652. The minimum atomic E-state index is -3.53. The first-order valence-electron chi connectivity index (χ1n) is 11.7. The Balaban J connectivity index is 1.20. The Hall–Kier alpha value is -2.71. The highest BCUT2D eigenvalue weighted by atomic mass is 32.2. The third-order valence-electron chi connectivity index (χ3n) is 6.56. The van der Waals surface area contributed by atoms with Crippen LogP contribution in [0, 0.1) is 5.92 Å². The van der Waals surface area contributed by atoms with E-state index in [0.29, 0.717) is 25.9 Å². The molecule has 0 bridgehead atoms. The molecule has 2 aromatic carbocycles. The number of sulfonamides is 1. The van der Waals surface area contributed by atoms with E-state index in [1.54, 1.807) is 30.3 Å². The standard InChI is InChI=1S/C25H31N3O4S/c29-24(27-23-12-6-8-19-7-4-5-11-22(19)23)13-16-26-25(30)20-14-17-28(18-15-20)33(31,32)21-9-2-1-3-10-21/h1-5,7,9-11,20,23H,6,8,12-18H2,(H,26,30)(H,27,29)/t23-/m0/s1. The van der Waals surface area contributed by atoms with Gasteiger partial charge in [0.2, 0.25) is 21.8 Å². The van der Waals surface area contributed by atoms with E-state index in [1.165, 1.54) is 15.4 Å². The predicted molar refractivity (Wildman–Crippen MR) is 126 cm³/mol. The number of nitrogens with one attached hydrogen (secondary N) is 2. The van der Waals surface area contributed by atoms with Crippen molar-refractivity contribution >= 4 is 21.8 Å². The number of carbonyl (C=O) groups is 2. The van der Waals surface area contributed by atoms with Crippen molar-refractivity contribution in [3.8, 4) is 0 Å². The molecule has 1 aliphatic heterocycles. The molecule has 0 radical (unpaired) electrons. The summed E-state index contributed by atoms with van der Waals surface area (Å²) in [4.78, 5) is 25.3. The molecule has 0 spiro atoms. The molecule has 0 unspecified atom stereocenters. The van der Waals surface area contributed by atoms with Crippen molar-refractivity contribution < 1.29 is 18.0 Å². The highest BCUT2D eigenvalue weighted by molar-refractivity contribution is 7.89. The summed E-state index contributed by atoms with van der Waals surface area (Å²) in [6, 6.07) is 16.6. The molecule has 2 amide bonds. The highest BCUT2D eigenvalue weighted by Crippen LogP contribution is 2.29. The Labute approximate surface area is 195 Å². The number of hydrogen-bond donors (Lipinski definition) is 2. The summed E-state index contributed by atoms with van der Waals surface area (Å²) in [6.07, 6.45) is 4.21. The molecule has 4 rings (SSSR count). The number of hydrogen-bond acceptors (Lipinski definition) is 4. The molecular formula is C25H31N3O4S. The van der Waals surface area contributed by atoms with Gasteiger partial charge in [-0.15, -0.1) is 0 Å². The maximum atomic E-state index is 12.7. The van der Waals surface area contributed by atoms with Crippen LogP contribution in [0.1, 0.15) is 49.3 Å². The predicted octanol–water partition coefficient (Wildman–Crippen LogP) is 2.79. The number of aryl methyl sites for hydroxylation is 1. The Kier molecular flexibility index (Phi) is 7.45. The Bertz CT molecular complexity index is 1080. The van der Waals surface area contributed by atoms with Gasteiger partial charge in [0.25, 0.3) is 0 Å². The van der Waals surface area contributed by atoms with Crippen LogP contribution in [0.25, 0.3) is 0 Å². The van der Waals surface area contributed by atoms with Gasteiger partial charge in [0.05, 0.1) is 10.9 Å². The molecule has 2 aromatic rings. The number of amides is 2. The zero-order valence-corrected chi connectivity index (χ0v) is 19.5. The largest absolute Gasteiger partial charge is 0.355 e. The lowest BCUT2D eigenvalue weighted by molar-refractivity contribution is -0.126. The van der Waals surface area contributed by atoms with Gasteiger partial charge in [-0.2, -0.15) is 4.31 Å². The maximum absolute atomic E-state index is 12.7. The third-order valence-corrected chi connectivity index (χ3v) is 8.47. The molecule has 0 saturated carbocycles. The molecule has 8 heteroatoms. The monoisotopic (exact) mass is 469 g/mol. The van der Waals surface area contributed by atoms with E-state index in [1.807, 2.05) is 12.1 Å². The topological polar surface area (TPSA) is 95.6 Å². The summed E-state index contributed by atoms with van der Waals surface area (Å²) < 4.78 is 26.9. The van der Waals surface area contributed by atoms with Gasteiger partial charge in [-0.1, -0.05) is 42.5 Å². The van der Waals surface area contributed by atoms with Crippen molar-refractivity contribution in [1.29, 1.82) is 0 Å². The van der Waals surface area contributed by atoms with Crippen LogP contribution in [0.2, 0.25) is 0 Å². The average molecular weight is 470 g/mol. The molecule has 1 saturated heterocycles. The van der Waals surface area contributed by atoms with E-state index in [0.717, 1.165) is 19.3 Å². The molecule has 33 heavy (non-hydrogen) atoms. The normalized spacial score (nSPS) is 19.5. The van der Waals surface area contributed by atoms with Crippen LogP contribution in [0.4, 0.5) is 0 Å². The van der Waals surface area contributed by atoms with Crippen LogP contribution >= 0.6 is 0 Å². The average Bonchev–Trinajstić information content (AvgIpc) is 2.85. The lowest BCUT2D eigenvalue weighted by atomic mass is 9.87. The van der Waals surface area contributed by atoms with Crippen LogP contribution in [0.15, 0.2) is 59.5 Å². The van der Waals surface area contributed by atoms with Gasteiger partial charge in [0, 0.05) is 32.0 Å². The summed E-state index contributed by atoms with van der Waals surface area (Å²) >= 11 is 0. The molecule has 7 nitrogen and oxygen atoms in total. The Morgan fingerprint density at radius 2 is 1.64 bits per heavy atom. The lowest BCUT2D eigenvalue weighted by Gasteiger charge is -2.30. The summed E-state index contributed by atoms with van der Waals surface area (Å²) in [5, 5.41) is 5.96. The lowest BCUT2D eigenvalue weighted by Crippen LogP contribution is -2.43. The smallest absolute Gasteiger partial charge is 0.243 e.